The SMILES string of the molecule is NCC1(c2ccc3c(c2)OCO3)CCNC(=O)CC1. The van der Waals surface area contributed by atoms with Crippen LogP contribution in [-0.2, 0) is 10.2 Å². The zero-order valence-electron chi connectivity index (χ0n) is 10.8. The highest BCUT2D eigenvalue weighted by atomic mass is 16.7. The number of nitrogens with two attached hydrogens (primary N) is 1. The van der Waals surface area contributed by atoms with E-state index in [0.29, 0.717) is 19.5 Å². The molecule has 1 aromatic rings. The van der Waals surface area contributed by atoms with E-state index in [9.17, 15) is 4.79 Å². The lowest BCUT2D eigenvalue weighted by Crippen LogP contribution is -2.36. The third kappa shape index (κ3) is 2.14. The first-order valence-electron chi connectivity index (χ1n) is 6.60. The van der Waals surface area contributed by atoms with Crippen molar-refractivity contribution in [3.63, 3.8) is 0 Å². The fraction of sp³-hybridized carbons (Fsp3) is 0.500. The molecule has 0 bridgehead atoms. The molecule has 19 heavy (non-hydrogen) atoms. The van der Waals surface area contributed by atoms with Gasteiger partial charge in [0.05, 0.1) is 0 Å². The molecule has 0 aliphatic carbocycles. The second-order valence-corrected chi connectivity index (χ2v) is 5.15. The van der Waals surface area contributed by atoms with Gasteiger partial charge in [-0.05, 0) is 30.5 Å². The summed E-state index contributed by atoms with van der Waals surface area (Å²) >= 11 is 0. The van der Waals surface area contributed by atoms with Crippen molar-refractivity contribution >= 4 is 5.91 Å². The number of carbonyl (C=O) groups excluding carboxylic acids is 1. The largest absolute Gasteiger partial charge is 0.454 e. The van der Waals surface area contributed by atoms with E-state index in [1.54, 1.807) is 0 Å². The first-order valence-corrected chi connectivity index (χ1v) is 6.60. The fourth-order valence-electron chi connectivity index (χ4n) is 2.84. The maximum Gasteiger partial charge on any atom is 0.231 e. The van der Waals surface area contributed by atoms with Crippen molar-refractivity contribution in [2.24, 2.45) is 5.73 Å². The Morgan fingerprint density at radius 3 is 2.95 bits per heavy atom. The Bertz CT molecular complexity index is 503. The van der Waals surface area contributed by atoms with E-state index in [-0.39, 0.29) is 18.1 Å². The highest BCUT2D eigenvalue weighted by Gasteiger charge is 2.34. The summed E-state index contributed by atoms with van der Waals surface area (Å²) in [4.78, 5) is 11.5. The lowest BCUT2D eigenvalue weighted by Gasteiger charge is -2.31. The Kier molecular flexibility index (Phi) is 3.06. The van der Waals surface area contributed by atoms with Gasteiger partial charge in [-0.1, -0.05) is 6.07 Å². The third-order valence-corrected chi connectivity index (χ3v) is 4.13. The van der Waals surface area contributed by atoms with Crippen LogP contribution in [0.25, 0.3) is 0 Å². The van der Waals surface area contributed by atoms with Crippen molar-refractivity contribution in [2.75, 3.05) is 19.9 Å². The van der Waals surface area contributed by atoms with Gasteiger partial charge >= 0.3 is 0 Å². The molecule has 2 heterocycles. The Morgan fingerprint density at radius 1 is 1.26 bits per heavy atom. The molecule has 1 amide bonds. The average molecular weight is 262 g/mol. The number of hydrogen-bond donors (Lipinski definition) is 2. The smallest absolute Gasteiger partial charge is 0.231 e. The molecule has 5 heteroatoms. The molecule has 0 spiro atoms. The van der Waals surface area contributed by atoms with Gasteiger partial charge in [-0.3, -0.25) is 4.79 Å². The lowest BCUT2D eigenvalue weighted by atomic mass is 9.74. The van der Waals surface area contributed by atoms with E-state index < -0.39 is 0 Å². The monoisotopic (exact) mass is 262 g/mol. The first-order chi connectivity index (χ1) is 9.23. The maximum atomic E-state index is 11.5. The molecular weight excluding hydrogens is 244 g/mol. The van der Waals surface area contributed by atoms with Crippen molar-refractivity contribution in [2.45, 2.75) is 24.7 Å². The van der Waals surface area contributed by atoms with Gasteiger partial charge in [0.15, 0.2) is 11.5 Å². The molecule has 5 nitrogen and oxygen atoms in total. The number of benzene rings is 1. The summed E-state index contributed by atoms with van der Waals surface area (Å²) in [6, 6.07) is 5.97. The van der Waals surface area contributed by atoms with Gasteiger partial charge in [-0.15, -0.1) is 0 Å². The van der Waals surface area contributed by atoms with E-state index >= 15 is 0 Å². The van der Waals surface area contributed by atoms with Crippen molar-refractivity contribution in [1.82, 2.24) is 5.32 Å². The van der Waals surface area contributed by atoms with Crippen LogP contribution in [0, 0.1) is 0 Å². The minimum atomic E-state index is -0.153. The average Bonchev–Trinajstić information content (AvgIpc) is 2.81. The Morgan fingerprint density at radius 2 is 2.11 bits per heavy atom. The van der Waals surface area contributed by atoms with Gasteiger partial charge in [0.25, 0.3) is 0 Å². The molecule has 0 saturated carbocycles. The third-order valence-electron chi connectivity index (χ3n) is 4.13. The van der Waals surface area contributed by atoms with Gasteiger partial charge in [0.2, 0.25) is 12.7 Å². The second-order valence-electron chi connectivity index (χ2n) is 5.15. The molecule has 0 aromatic heterocycles. The van der Waals surface area contributed by atoms with Crippen LogP contribution >= 0.6 is 0 Å². The number of ether oxygens (including phenoxy) is 2. The standard InChI is InChI=1S/C14H18N2O3/c15-8-14(4-3-13(17)16-6-5-14)10-1-2-11-12(7-10)19-9-18-11/h1-2,7H,3-6,8-9,15H2,(H,16,17). The number of nitrogens with one attached hydrogen (secondary N) is 1. The van der Waals surface area contributed by atoms with Crippen LogP contribution in [0.3, 0.4) is 0 Å². The molecule has 1 saturated heterocycles. The van der Waals surface area contributed by atoms with Crippen LogP contribution in [0.4, 0.5) is 0 Å². The molecule has 3 N–H and O–H groups in total. The van der Waals surface area contributed by atoms with Crippen molar-refractivity contribution in [3.8, 4) is 11.5 Å². The minimum Gasteiger partial charge on any atom is -0.454 e. The molecule has 102 valence electrons. The fourth-order valence-corrected chi connectivity index (χ4v) is 2.84. The molecule has 2 aliphatic heterocycles. The predicted octanol–water partition coefficient (Wildman–Crippen LogP) is 0.912. The Labute approximate surface area is 112 Å². The quantitative estimate of drug-likeness (QED) is 0.831. The molecule has 1 aromatic carbocycles. The molecule has 3 rings (SSSR count). The zero-order chi connectivity index (χ0) is 13.3. The van der Waals surface area contributed by atoms with Crippen LogP contribution in [-0.4, -0.2) is 25.8 Å². The normalized spacial score (nSPS) is 25.8. The summed E-state index contributed by atoms with van der Waals surface area (Å²) in [6.45, 7) is 1.47. The summed E-state index contributed by atoms with van der Waals surface area (Å²) in [6.07, 6.45) is 2.15. The van der Waals surface area contributed by atoms with E-state index in [0.717, 1.165) is 29.9 Å². The predicted molar refractivity (Wildman–Crippen MR) is 70.2 cm³/mol. The molecule has 1 unspecified atom stereocenters. The summed E-state index contributed by atoms with van der Waals surface area (Å²) in [7, 11) is 0. The van der Waals surface area contributed by atoms with E-state index in [1.165, 1.54) is 0 Å². The van der Waals surface area contributed by atoms with Crippen LogP contribution < -0.4 is 20.5 Å². The van der Waals surface area contributed by atoms with Crippen LogP contribution in [0.5, 0.6) is 11.5 Å². The van der Waals surface area contributed by atoms with Gasteiger partial charge < -0.3 is 20.5 Å². The number of carbonyl (C=O) groups is 1. The van der Waals surface area contributed by atoms with Gasteiger partial charge in [0, 0.05) is 24.9 Å². The topological polar surface area (TPSA) is 73.6 Å². The first kappa shape index (κ1) is 12.3. The minimum absolute atomic E-state index is 0.107. The van der Waals surface area contributed by atoms with Crippen molar-refractivity contribution in [1.29, 1.82) is 0 Å². The Hall–Kier alpha value is -1.75. The van der Waals surface area contributed by atoms with E-state index in [1.807, 2.05) is 18.2 Å². The van der Waals surface area contributed by atoms with Gasteiger partial charge in [0.1, 0.15) is 0 Å². The Balaban J connectivity index is 1.94. The van der Waals surface area contributed by atoms with Gasteiger partial charge in [-0.25, -0.2) is 0 Å². The van der Waals surface area contributed by atoms with E-state index in [2.05, 4.69) is 5.32 Å². The zero-order valence-corrected chi connectivity index (χ0v) is 10.8. The molecule has 1 fully saturated rings. The number of fused-ring (bicyclic) bond motifs is 1. The van der Waals surface area contributed by atoms with Gasteiger partial charge in [-0.2, -0.15) is 0 Å². The summed E-state index contributed by atoms with van der Waals surface area (Å²) < 4.78 is 10.8. The lowest BCUT2D eigenvalue weighted by molar-refractivity contribution is -0.120. The van der Waals surface area contributed by atoms with Crippen LogP contribution in [0.2, 0.25) is 0 Å². The summed E-state index contributed by atoms with van der Waals surface area (Å²) in [5.41, 5.74) is 7.00. The summed E-state index contributed by atoms with van der Waals surface area (Å²) in [5, 5.41) is 2.91. The summed E-state index contributed by atoms with van der Waals surface area (Å²) in [5.74, 6) is 1.66. The number of amides is 1. The van der Waals surface area contributed by atoms with Crippen molar-refractivity contribution < 1.29 is 14.3 Å². The molecule has 2 aliphatic rings. The van der Waals surface area contributed by atoms with Crippen LogP contribution in [0.1, 0.15) is 24.8 Å². The highest BCUT2D eigenvalue weighted by molar-refractivity contribution is 5.76. The molecular formula is C14H18N2O3. The number of rotatable bonds is 2. The number of hydrogen-bond acceptors (Lipinski definition) is 4. The highest BCUT2D eigenvalue weighted by Crippen LogP contribution is 2.40. The van der Waals surface area contributed by atoms with E-state index in [4.69, 9.17) is 15.2 Å². The van der Waals surface area contributed by atoms with Crippen LogP contribution in [0.15, 0.2) is 18.2 Å². The van der Waals surface area contributed by atoms with Crippen molar-refractivity contribution in [3.05, 3.63) is 23.8 Å². The second kappa shape index (κ2) is 4.74. The maximum absolute atomic E-state index is 11.5. The molecule has 0 radical (unpaired) electrons. The molecule has 1 atom stereocenters.